The number of guanidine groups is 1. The van der Waals surface area contributed by atoms with Crippen molar-refractivity contribution in [3.63, 3.8) is 0 Å². The van der Waals surface area contributed by atoms with Crippen LogP contribution >= 0.6 is 24.0 Å². The van der Waals surface area contributed by atoms with Crippen LogP contribution in [0, 0.1) is 0 Å². The number of hydrogen-bond acceptors (Lipinski definition) is 3. The van der Waals surface area contributed by atoms with Crippen molar-refractivity contribution in [1.29, 1.82) is 0 Å². The van der Waals surface area contributed by atoms with Gasteiger partial charge in [-0.2, -0.15) is 18.3 Å². The fraction of sp³-hybridized carbons (Fsp3) is 0.474. The van der Waals surface area contributed by atoms with Gasteiger partial charge < -0.3 is 10.2 Å². The summed E-state index contributed by atoms with van der Waals surface area (Å²) in [6, 6.07) is 8.46. The van der Waals surface area contributed by atoms with Crippen molar-refractivity contribution in [3.05, 3.63) is 48.3 Å². The predicted molar refractivity (Wildman–Crippen MR) is 118 cm³/mol. The van der Waals surface area contributed by atoms with Crippen LogP contribution in [0.2, 0.25) is 0 Å². The van der Waals surface area contributed by atoms with Crippen LogP contribution in [0.1, 0.15) is 12.5 Å². The molecule has 1 unspecified atom stereocenters. The van der Waals surface area contributed by atoms with Gasteiger partial charge in [0.1, 0.15) is 6.04 Å². The lowest BCUT2D eigenvalue weighted by Crippen LogP contribution is -2.56. The molecule has 1 saturated heterocycles. The molecule has 0 amide bonds. The Kier molecular flexibility index (Phi) is 8.32. The van der Waals surface area contributed by atoms with E-state index in [-0.39, 0.29) is 24.0 Å². The lowest BCUT2D eigenvalue weighted by Gasteiger charge is -2.39. The van der Waals surface area contributed by atoms with E-state index in [1.54, 1.807) is 17.9 Å². The van der Waals surface area contributed by atoms with Gasteiger partial charge in [0.25, 0.3) is 0 Å². The van der Waals surface area contributed by atoms with Crippen molar-refractivity contribution in [3.8, 4) is 5.69 Å². The average molecular weight is 522 g/mol. The minimum absolute atomic E-state index is 0. The van der Waals surface area contributed by atoms with Crippen LogP contribution in [0.4, 0.5) is 13.2 Å². The highest BCUT2D eigenvalue weighted by molar-refractivity contribution is 14.0. The Labute approximate surface area is 185 Å². The van der Waals surface area contributed by atoms with Gasteiger partial charge in [0.15, 0.2) is 5.96 Å². The number of aromatic nitrogens is 2. The Morgan fingerprint density at radius 3 is 2.34 bits per heavy atom. The SMILES string of the molecule is CN=C(NCc1ccc(-n2cccn2)cc1)N1CCN(C(C)C(F)(F)F)CC1.I. The van der Waals surface area contributed by atoms with E-state index >= 15 is 0 Å². The highest BCUT2D eigenvalue weighted by Gasteiger charge is 2.41. The molecule has 3 rings (SSSR count). The number of hydrogen-bond donors (Lipinski definition) is 1. The number of alkyl halides is 3. The van der Waals surface area contributed by atoms with Crippen LogP contribution in [0.25, 0.3) is 5.69 Å². The van der Waals surface area contributed by atoms with Gasteiger partial charge in [-0.25, -0.2) is 4.68 Å². The maximum absolute atomic E-state index is 12.9. The van der Waals surface area contributed by atoms with Gasteiger partial charge in [0.2, 0.25) is 0 Å². The summed E-state index contributed by atoms with van der Waals surface area (Å²) >= 11 is 0. The van der Waals surface area contributed by atoms with Gasteiger partial charge in [0.05, 0.1) is 5.69 Å². The van der Waals surface area contributed by atoms with Crippen molar-refractivity contribution in [2.75, 3.05) is 33.2 Å². The van der Waals surface area contributed by atoms with E-state index in [2.05, 4.69) is 15.4 Å². The molecule has 0 aliphatic carbocycles. The smallest absolute Gasteiger partial charge is 0.352 e. The molecule has 1 aliphatic heterocycles. The summed E-state index contributed by atoms with van der Waals surface area (Å²) < 4.78 is 40.4. The first kappa shape index (κ1) is 23.5. The van der Waals surface area contributed by atoms with E-state index in [4.69, 9.17) is 0 Å². The van der Waals surface area contributed by atoms with Crippen LogP contribution in [0.15, 0.2) is 47.7 Å². The van der Waals surface area contributed by atoms with Crippen LogP contribution in [0.3, 0.4) is 0 Å². The number of benzene rings is 1. The molecule has 1 aromatic carbocycles. The van der Waals surface area contributed by atoms with Gasteiger partial charge in [0, 0.05) is 52.2 Å². The van der Waals surface area contributed by atoms with E-state index in [9.17, 15) is 13.2 Å². The highest BCUT2D eigenvalue weighted by Crippen LogP contribution is 2.25. The Morgan fingerprint density at radius 1 is 1.17 bits per heavy atom. The molecule has 10 heteroatoms. The zero-order chi connectivity index (χ0) is 20.1. The third-order valence-corrected chi connectivity index (χ3v) is 5.00. The van der Waals surface area contributed by atoms with Gasteiger partial charge >= 0.3 is 6.18 Å². The molecule has 0 radical (unpaired) electrons. The average Bonchev–Trinajstić information content (AvgIpc) is 3.23. The number of rotatable bonds is 4. The third kappa shape index (κ3) is 6.08. The summed E-state index contributed by atoms with van der Waals surface area (Å²) in [5.41, 5.74) is 2.06. The van der Waals surface area contributed by atoms with Crippen molar-refractivity contribution < 1.29 is 13.2 Å². The second-order valence-electron chi connectivity index (χ2n) is 6.76. The molecule has 160 valence electrons. The first-order valence-corrected chi connectivity index (χ1v) is 9.24. The first-order valence-electron chi connectivity index (χ1n) is 9.24. The molecule has 0 saturated carbocycles. The predicted octanol–water partition coefficient (Wildman–Crippen LogP) is 3.13. The molecule has 1 N–H and O–H groups in total. The quantitative estimate of drug-likeness (QED) is 0.381. The fourth-order valence-electron chi connectivity index (χ4n) is 3.23. The largest absolute Gasteiger partial charge is 0.403 e. The van der Waals surface area contributed by atoms with Crippen molar-refractivity contribution in [1.82, 2.24) is 24.9 Å². The lowest BCUT2D eigenvalue weighted by molar-refractivity contribution is -0.181. The summed E-state index contributed by atoms with van der Waals surface area (Å²) in [7, 11) is 1.69. The summed E-state index contributed by atoms with van der Waals surface area (Å²) in [4.78, 5) is 7.75. The fourth-order valence-corrected chi connectivity index (χ4v) is 3.23. The van der Waals surface area contributed by atoms with Gasteiger partial charge in [-0.15, -0.1) is 24.0 Å². The zero-order valence-corrected chi connectivity index (χ0v) is 18.8. The second-order valence-corrected chi connectivity index (χ2v) is 6.76. The van der Waals surface area contributed by atoms with Crippen LogP contribution in [-0.2, 0) is 6.54 Å². The molecule has 6 nitrogen and oxygen atoms in total. The van der Waals surface area contributed by atoms with E-state index in [1.165, 1.54) is 11.8 Å². The van der Waals surface area contributed by atoms with E-state index in [0.717, 1.165) is 11.3 Å². The molecule has 0 spiro atoms. The number of nitrogens with zero attached hydrogens (tertiary/aromatic N) is 5. The standard InChI is InChI=1S/C19H25F3N6.HI/c1-15(19(20,21)22)26-10-12-27(13-11-26)18(23-2)24-14-16-4-6-17(7-5-16)28-9-3-8-25-28;/h3-9,15H,10-14H2,1-2H3,(H,23,24);1H. The lowest BCUT2D eigenvalue weighted by atomic mass is 10.2. The van der Waals surface area contributed by atoms with Gasteiger partial charge in [-0.3, -0.25) is 9.89 Å². The Balaban J connectivity index is 0.00000300. The molecule has 29 heavy (non-hydrogen) atoms. The third-order valence-electron chi connectivity index (χ3n) is 5.00. The molecular formula is C19H26F3IN6. The Bertz CT molecular complexity index is 768. The molecule has 2 aromatic rings. The maximum atomic E-state index is 12.9. The first-order chi connectivity index (χ1) is 13.4. The van der Waals surface area contributed by atoms with Crippen molar-refractivity contribution >= 4 is 29.9 Å². The topological polar surface area (TPSA) is 48.7 Å². The number of halogens is 4. The van der Waals surface area contributed by atoms with Crippen LogP contribution in [-0.4, -0.2) is 71.0 Å². The highest BCUT2D eigenvalue weighted by atomic mass is 127. The normalized spacial score (nSPS) is 17.0. The van der Waals surface area contributed by atoms with Gasteiger partial charge in [-0.1, -0.05) is 12.1 Å². The zero-order valence-electron chi connectivity index (χ0n) is 16.4. The molecule has 1 aromatic heterocycles. The summed E-state index contributed by atoms with van der Waals surface area (Å²) in [5, 5.41) is 7.50. The second kappa shape index (κ2) is 10.3. The molecule has 1 atom stereocenters. The van der Waals surface area contributed by atoms with Crippen molar-refractivity contribution in [2.45, 2.75) is 25.7 Å². The molecule has 2 heterocycles. The van der Waals surface area contributed by atoms with Gasteiger partial charge in [-0.05, 0) is 30.7 Å². The number of nitrogens with one attached hydrogen (secondary N) is 1. The Morgan fingerprint density at radius 2 is 1.83 bits per heavy atom. The molecule has 0 bridgehead atoms. The number of aliphatic imine (C=N–C) groups is 1. The van der Waals surface area contributed by atoms with Crippen molar-refractivity contribution in [2.24, 2.45) is 4.99 Å². The minimum Gasteiger partial charge on any atom is -0.352 e. The summed E-state index contributed by atoms with van der Waals surface area (Å²) in [5.74, 6) is 0.704. The van der Waals surface area contributed by atoms with E-state index < -0.39 is 12.2 Å². The minimum atomic E-state index is -4.19. The Hall–Kier alpha value is -1.82. The molecule has 1 fully saturated rings. The van der Waals surface area contributed by atoms with Crippen LogP contribution in [0.5, 0.6) is 0 Å². The summed E-state index contributed by atoms with van der Waals surface area (Å²) in [6.45, 7) is 3.55. The van der Waals surface area contributed by atoms with E-state index in [0.29, 0.717) is 38.7 Å². The molecular weight excluding hydrogens is 496 g/mol. The number of piperazine rings is 1. The monoisotopic (exact) mass is 522 g/mol. The molecule has 1 aliphatic rings. The van der Waals surface area contributed by atoms with E-state index in [1.807, 2.05) is 41.4 Å². The summed E-state index contributed by atoms with van der Waals surface area (Å²) in [6.07, 6.45) is -0.576. The maximum Gasteiger partial charge on any atom is 0.403 e. The van der Waals surface area contributed by atoms with Crippen LogP contribution < -0.4 is 5.32 Å².